The molecule has 0 fully saturated rings. The summed E-state index contributed by atoms with van der Waals surface area (Å²) >= 11 is 0. The molecule has 156 valence electrons. The summed E-state index contributed by atoms with van der Waals surface area (Å²) in [6.07, 6.45) is 0. The SMILES string of the molecule is CONC(C(=O)OC)c1cccc(C)c1CO/N=C(\C)c1ccccc1C(C)C. The molecule has 0 saturated heterocycles. The van der Waals surface area contributed by atoms with Crippen LogP contribution in [0.25, 0.3) is 0 Å². The van der Waals surface area contributed by atoms with Crippen LogP contribution < -0.4 is 5.48 Å². The van der Waals surface area contributed by atoms with Crippen molar-refractivity contribution < 1.29 is 19.2 Å². The maximum absolute atomic E-state index is 12.2. The number of benzene rings is 2. The molecule has 2 aromatic carbocycles. The Morgan fingerprint density at radius 1 is 1.07 bits per heavy atom. The molecule has 1 atom stereocenters. The van der Waals surface area contributed by atoms with Crippen molar-refractivity contribution in [1.29, 1.82) is 0 Å². The van der Waals surface area contributed by atoms with Gasteiger partial charge in [0.15, 0.2) is 6.04 Å². The highest BCUT2D eigenvalue weighted by Gasteiger charge is 2.25. The van der Waals surface area contributed by atoms with E-state index in [1.807, 2.05) is 50.2 Å². The molecule has 1 unspecified atom stereocenters. The number of esters is 1. The average Bonchev–Trinajstić information content (AvgIpc) is 2.72. The van der Waals surface area contributed by atoms with Crippen molar-refractivity contribution in [1.82, 2.24) is 5.48 Å². The number of aryl methyl sites for hydroxylation is 1. The zero-order valence-corrected chi connectivity index (χ0v) is 18.0. The lowest BCUT2D eigenvalue weighted by atomic mass is 9.95. The van der Waals surface area contributed by atoms with E-state index in [0.29, 0.717) is 5.92 Å². The Morgan fingerprint density at radius 3 is 2.41 bits per heavy atom. The molecule has 29 heavy (non-hydrogen) atoms. The van der Waals surface area contributed by atoms with Gasteiger partial charge in [0.05, 0.1) is 19.9 Å². The van der Waals surface area contributed by atoms with Crippen molar-refractivity contribution in [2.45, 2.75) is 46.3 Å². The minimum absolute atomic E-state index is 0.224. The third kappa shape index (κ3) is 5.65. The molecule has 0 aliphatic heterocycles. The smallest absolute Gasteiger partial charge is 0.329 e. The fraction of sp³-hybridized carbons (Fsp3) is 0.391. The summed E-state index contributed by atoms with van der Waals surface area (Å²) < 4.78 is 4.90. The Bertz CT molecular complexity index is 862. The molecule has 2 rings (SSSR count). The van der Waals surface area contributed by atoms with E-state index in [1.54, 1.807) is 0 Å². The molecule has 0 aliphatic carbocycles. The van der Waals surface area contributed by atoms with Gasteiger partial charge in [-0.25, -0.2) is 4.79 Å². The van der Waals surface area contributed by atoms with Gasteiger partial charge in [0, 0.05) is 11.1 Å². The normalized spacial score (nSPS) is 12.7. The van der Waals surface area contributed by atoms with E-state index >= 15 is 0 Å². The van der Waals surface area contributed by atoms with Gasteiger partial charge >= 0.3 is 5.97 Å². The van der Waals surface area contributed by atoms with E-state index in [2.05, 4.69) is 30.5 Å². The van der Waals surface area contributed by atoms with E-state index < -0.39 is 12.0 Å². The Balaban J connectivity index is 2.27. The fourth-order valence-electron chi connectivity index (χ4n) is 3.24. The third-order valence-electron chi connectivity index (χ3n) is 4.81. The number of nitrogens with one attached hydrogen (secondary N) is 1. The molecule has 6 nitrogen and oxygen atoms in total. The van der Waals surface area contributed by atoms with Crippen LogP contribution in [0.5, 0.6) is 0 Å². The largest absolute Gasteiger partial charge is 0.468 e. The van der Waals surface area contributed by atoms with Gasteiger partial charge in [-0.2, -0.15) is 5.48 Å². The maximum Gasteiger partial charge on any atom is 0.329 e. The summed E-state index contributed by atoms with van der Waals surface area (Å²) in [5, 5.41) is 4.33. The monoisotopic (exact) mass is 398 g/mol. The number of carbonyl (C=O) groups is 1. The second-order valence-electron chi connectivity index (χ2n) is 7.11. The predicted molar refractivity (Wildman–Crippen MR) is 114 cm³/mol. The topological polar surface area (TPSA) is 69.2 Å². The highest BCUT2D eigenvalue weighted by molar-refractivity contribution is 5.99. The minimum atomic E-state index is -0.754. The van der Waals surface area contributed by atoms with Crippen LogP contribution in [0.2, 0.25) is 0 Å². The molecule has 2 aromatic rings. The first-order valence-corrected chi connectivity index (χ1v) is 9.61. The van der Waals surface area contributed by atoms with Crippen LogP contribution in [0, 0.1) is 6.92 Å². The number of oxime groups is 1. The summed E-state index contributed by atoms with van der Waals surface area (Å²) in [5.41, 5.74) is 8.39. The first-order chi connectivity index (χ1) is 13.9. The molecule has 0 aromatic heterocycles. The summed E-state index contributed by atoms with van der Waals surface area (Å²) in [6.45, 7) is 8.43. The van der Waals surface area contributed by atoms with Crippen molar-refractivity contribution in [3.05, 3.63) is 70.3 Å². The van der Waals surface area contributed by atoms with Crippen molar-refractivity contribution in [3.63, 3.8) is 0 Å². The maximum atomic E-state index is 12.2. The van der Waals surface area contributed by atoms with Crippen molar-refractivity contribution >= 4 is 11.7 Å². The Morgan fingerprint density at radius 2 is 1.76 bits per heavy atom. The van der Waals surface area contributed by atoms with Crippen LogP contribution in [0.4, 0.5) is 0 Å². The number of nitrogens with zero attached hydrogens (tertiary/aromatic N) is 1. The van der Waals surface area contributed by atoms with E-state index in [4.69, 9.17) is 14.4 Å². The Labute approximate surface area is 172 Å². The lowest BCUT2D eigenvalue weighted by Crippen LogP contribution is -2.30. The van der Waals surface area contributed by atoms with Gasteiger partial charge in [-0.15, -0.1) is 0 Å². The van der Waals surface area contributed by atoms with Crippen LogP contribution >= 0.6 is 0 Å². The van der Waals surface area contributed by atoms with Gasteiger partial charge in [-0.05, 0) is 36.5 Å². The van der Waals surface area contributed by atoms with Crippen LogP contribution in [-0.2, 0) is 25.8 Å². The molecule has 0 saturated carbocycles. The summed E-state index contributed by atoms with van der Waals surface area (Å²) in [6, 6.07) is 13.1. The van der Waals surface area contributed by atoms with Gasteiger partial charge < -0.3 is 14.4 Å². The number of rotatable bonds is 9. The molecule has 0 amide bonds. The van der Waals surface area contributed by atoms with E-state index in [1.165, 1.54) is 19.8 Å². The summed E-state index contributed by atoms with van der Waals surface area (Å²) in [5.74, 6) is -0.0514. The summed E-state index contributed by atoms with van der Waals surface area (Å²) in [7, 11) is 2.81. The van der Waals surface area contributed by atoms with Gasteiger partial charge in [-0.3, -0.25) is 0 Å². The zero-order valence-electron chi connectivity index (χ0n) is 18.0. The minimum Gasteiger partial charge on any atom is -0.468 e. The highest BCUT2D eigenvalue weighted by atomic mass is 16.6. The Hall–Kier alpha value is -2.70. The Kier molecular flexibility index (Phi) is 8.36. The van der Waals surface area contributed by atoms with Crippen molar-refractivity contribution in [3.8, 4) is 0 Å². The quantitative estimate of drug-likeness (QED) is 0.385. The van der Waals surface area contributed by atoms with Gasteiger partial charge in [0.1, 0.15) is 6.61 Å². The molecule has 1 N–H and O–H groups in total. The van der Waals surface area contributed by atoms with E-state index in [9.17, 15) is 4.79 Å². The standard InChI is InChI=1S/C23H30N2O4/c1-15(2)18-11-7-8-12-19(18)17(4)24-29-14-21-16(3)10-9-13-20(21)22(25-28-6)23(26)27-5/h7-13,15,22,25H,14H2,1-6H3/b24-17+. The molecule has 0 spiro atoms. The van der Waals surface area contributed by atoms with Crippen LogP contribution in [0.3, 0.4) is 0 Å². The second-order valence-corrected chi connectivity index (χ2v) is 7.11. The lowest BCUT2D eigenvalue weighted by Gasteiger charge is -2.19. The second kappa shape index (κ2) is 10.7. The van der Waals surface area contributed by atoms with Crippen LogP contribution in [0.15, 0.2) is 47.6 Å². The van der Waals surface area contributed by atoms with Gasteiger partial charge in [0.25, 0.3) is 0 Å². The molecule has 0 heterocycles. The first-order valence-electron chi connectivity index (χ1n) is 9.61. The molecular formula is C23H30N2O4. The van der Waals surface area contributed by atoms with E-state index in [0.717, 1.165) is 28.0 Å². The zero-order chi connectivity index (χ0) is 21.4. The fourth-order valence-corrected chi connectivity index (χ4v) is 3.24. The molecule has 6 heteroatoms. The van der Waals surface area contributed by atoms with Crippen molar-refractivity contribution in [2.75, 3.05) is 14.2 Å². The van der Waals surface area contributed by atoms with Crippen LogP contribution in [0.1, 0.15) is 60.5 Å². The predicted octanol–water partition coefficient (Wildman–Crippen LogP) is 4.42. The lowest BCUT2D eigenvalue weighted by molar-refractivity contribution is -0.147. The molecular weight excluding hydrogens is 368 g/mol. The van der Waals surface area contributed by atoms with Gasteiger partial charge in [-0.1, -0.05) is 61.5 Å². The number of methoxy groups -OCH3 is 1. The number of hydroxylamine groups is 1. The van der Waals surface area contributed by atoms with E-state index in [-0.39, 0.29) is 6.61 Å². The average molecular weight is 399 g/mol. The number of carbonyl (C=O) groups excluding carboxylic acids is 1. The number of hydrogen-bond donors (Lipinski definition) is 1. The van der Waals surface area contributed by atoms with Crippen LogP contribution in [-0.4, -0.2) is 25.9 Å². The first kappa shape index (κ1) is 22.6. The summed E-state index contributed by atoms with van der Waals surface area (Å²) in [4.78, 5) is 22.9. The third-order valence-corrected chi connectivity index (χ3v) is 4.81. The van der Waals surface area contributed by atoms with Gasteiger partial charge in [0.2, 0.25) is 0 Å². The number of ether oxygens (including phenoxy) is 1. The van der Waals surface area contributed by atoms with Crippen molar-refractivity contribution in [2.24, 2.45) is 5.16 Å². The highest BCUT2D eigenvalue weighted by Crippen LogP contribution is 2.24. The molecule has 0 bridgehead atoms. The molecule has 0 aliphatic rings. The number of hydrogen-bond acceptors (Lipinski definition) is 6. The molecule has 0 radical (unpaired) electrons.